The molecule has 1 saturated carbocycles. The summed E-state index contributed by atoms with van der Waals surface area (Å²) in [6.07, 6.45) is 9.22. The molecule has 1 aliphatic rings. The fraction of sp³-hybridized carbons (Fsp3) is 0.737. The van der Waals surface area contributed by atoms with Gasteiger partial charge in [-0.25, -0.2) is 0 Å². The van der Waals surface area contributed by atoms with Crippen molar-refractivity contribution in [1.82, 2.24) is 10.3 Å². The number of pyridine rings is 1. The van der Waals surface area contributed by atoms with Crippen LogP contribution in [0.1, 0.15) is 52.5 Å². The minimum atomic E-state index is 0.444. The van der Waals surface area contributed by atoms with Crippen molar-refractivity contribution in [1.29, 1.82) is 0 Å². The minimum Gasteiger partial charge on any atom is -0.317 e. The van der Waals surface area contributed by atoms with Crippen molar-refractivity contribution in [3.8, 4) is 0 Å². The summed E-state index contributed by atoms with van der Waals surface area (Å²) < 4.78 is 0. The predicted octanol–water partition coefficient (Wildman–Crippen LogP) is 4.31. The average Bonchev–Trinajstić information content (AvgIpc) is 2.46. The van der Waals surface area contributed by atoms with Crippen LogP contribution in [0.15, 0.2) is 24.5 Å². The molecule has 21 heavy (non-hydrogen) atoms. The van der Waals surface area contributed by atoms with Crippen LogP contribution in [-0.2, 0) is 6.42 Å². The van der Waals surface area contributed by atoms with E-state index in [0.29, 0.717) is 5.41 Å². The minimum absolute atomic E-state index is 0.444. The number of hydrogen-bond acceptors (Lipinski definition) is 2. The lowest BCUT2D eigenvalue weighted by Gasteiger charge is -2.42. The van der Waals surface area contributed by atoms with Gasteiger partial charge >= 0.3 is 0 Å². The SMILES string of the molecule is CCNCC1CCC(C(C)(C)C)CC1Cc1ccncc1. The maximum Gasteiger partial charge on any atom is 0.0270 e. The molecule has 0 aromatic carbocycles. The normalized spacial score (nSPS) is 26.8. The summed E-state index contributed by atoms with van der Waals surface area (Å²) in [5.74, 6) is 2.50. The average molecular weight is 288 g/mol. The highest BCUT2D eigenvalue weighted by molar-refractivity contribution is 5.11. The van der Waals surface area contributed by atoms with Crippen LogP contribution >= 0.6 is 0 Å². The molecule has 1 aromatic heterocycles. The molecule has 0 bridgehead atoms. The Hall–Kier alpha value is -0.890. The fourth-order valence-electron chi connectivity index (χ4n) is 3.78. The van der Waals surface area contributed by atoms with Gasteiger partial charge in [-0.1, -0.05) is 27.7 Å². The summed E-state index contributed by atoms with van der Waals surface area (Å²) in [7, 11) is 0. The van der Waals surface area contributed by atoms with Crippen molar-refractivity contribution >= 4 is 0 Å². The topological polar surface area (TPSA) is 24.9 Å². The van der Waals surface area contributed by atoms with Gasteiger partial charge in [0.2, 0.25) is 0 Å². The van der Waals surface area contributed by atoms with Gasteiger partial charge in [-0.15, -0.1) is 0 Å². The van der Waals surface area contributed by atoms with Gasteiger partial charge in [0, 0.05) is 12.4 Å². The van der Waals surface area contributed by atoms with Gasteiger partial charge in [-0.3, -0.25) is 4.98 Å². The Balaban J connectivity index is 2.05. The van der Waals surface area contributed by atoms with Gasteiger partial charge in [-0.2, -0.15) is 0 Å². The number of aromatic nitrogens is 1. The summed E-state index contributed by atoms with van der Waals surface area (Å²) in [6, 6.07) is 4.37. The summed E-state index contributed by atoms with van der Waals surface area (Å²) in [5.41, 5.74) is 1.89. The van der Waals surface area contributed by atoms with Crippen LogP contribution in [0.3, 0.4) is 0 Å². The quantitative estimate of drug-likeness (QED) is 0.873. The third kappa shape index (κ3) is 4.81. The van der Waals surface area contributed by atoms with Gasteiger partial charge in [0.25, 0.3) is 0 Å². The lowest BCUT2D eigenvalue weighted by molar-refractivity contribution is 0.0973. The van der Waals surface area contributed by atoms with Crippen LogP contribution in [0.5, 0.6) is 0 Å². The molecule has 0 saturated heterocycles. The van der Waals surface area contributed by atoms with E-state index < -0.39 is 0 Å². The first-order valence-electron chi connectivity index (χ1n) is 8.60. The van der Waals surface area contributed by atoms with Crippen molar-refractivity contribution in [2.75, 3.05) is 13.1 Å². The monoisotopic (exact) mass is 288 g/mol. The third-order valence-electron chi connectivity index (χ3n) is 5.27. The van der Waals surface area contributed by atoms with E-state index in [1.54, 1.807) is 0 Å². The molecule has 1 fully saturated rings. The summed E-state index contributed by atoms with van der Waals surface area (Å²) in [6.45, 7) is 11.7. The second-order valence-electron chi connectivity index (χ2n) is 7.76. The van der Waals surface area contributed by atoms with E-state index in [2.05, 4.69) is 50.1 Å². The van der Waals surface area contributed by atoms with E-state index in [4.69, 9.17) is 0 Å². The second-order valence-corrected chi connectivity index (χ2v) is 7.76. The number of nitrogens with one attached hydrogen (secondary N) is 1. The van der Waals surface area contributed by atoms with E-state index in [9.17, 15) is 0 Å². The molecule has 0 aliphatic heterocycles. The van der Waals surface area contributed by atoms with Gasteiger partial charge < -0.3 is 5.32 Å². The van der Waals surface area contributed by atoms with Gasteiger partial charge in [0.05, 0.1) is 0 Å². The molecular formula is C19H32N2. The van der Waals surface area contributed by atoms with E-state index in [-0.39, 0.29) is 0 Å². The molecule has 0 amide bonds. The van der Waals surface area contributed by atoms with E-state index >= 15 is 0 Å². The molecule has 3 unspecified atom stereocenters. The van der Waals surface area contributed by atoms with Gasteiger partial charge in [0.1, 0.15) is 0 Å². The van der Waals surface area contributed by atoms with E-state index in [1.165, 1.54) is 37.8 Å². The zero-order chi connectivity index (χ0) is 15.3. The number of rotatable bonds is 5. The van der Waals surface area contributed by atoms with Crippen molar-refractivity contribution in [2.24, 2.45) is 23.2 Å². The standard InChI is InChI=1S/C19H32N2/c1-5-20-14-16-6-7-18(19(2,3)4)13-17(16)12-15-8-10-21-11-9-15/h8-11,16-18,20H,5-7,12-14H2,1-4H3. The lowest BCUT2D eigenvalue weighted by atomic mass is 9.64. The van der Waals surface area contributed by atoms with E-state index in [1.807, 2.05) is 12.4 Å². The Morgan fingerprint density at radius 1 is 1.14 bits per heavy atom. The van der Waals surface area contributed by atoms with Crippen LogP contribution in [0.4, 0.5) is 0 Å². The second kappa shape index (κ2) is 7.40. The Bertz CT molecular complexity index is 407. The van der Waals surface area contributed by atoms with Crippen molar-refractivity contribution in [3.63, 3.8) is 0 Å². The molecule has 0 radical (unpaired) electrons. The Labute approximate surface area is 130 Å². The first-order valence-corrected chi connectivity index (χ1v) is 8.60. The van der Waals surface area contributed by atoms with Crippen LogP contribution in [0, 0.1) is 23.2 Å². The molecular weight excluding hydrogens is 256 g/mol. The van der Waals surface area contributed by atoms with Crippen LogP contribution in [0.2, 0.25) is 0 Å². The first kappa shape index (κ1) is 16.5. The van der Waals surface area contributed by atoms with Crippen molar-refractivity contribution in [2.45, 2.75) is 53.4 Å². The zero-order valence-corrected chi connectivity index (χ0v) is 14.2. The lowest BCUT2D eigenvalue weighted by Crippen LogP contribution is -2.37. The third-order valence-corrected chi connectivity index (χ3v) is 5.27. The van der Waals surface area contributed by atoms with Crippen molar-refractivity contribution in [3.05, 3.63) is 30.1 Å². The fourth-order valence-corrected chi connectivity index (χ4v) is 3.78. The summed E-state index contributed by atoms with van der Waals surface area (Å²) in [5, 5.41) is 3.57. The maximum atomic E-state index is 4.15. The summed E-state index contributed by atoms with van der Waals surface area (Å²) >= 11 is 0. The number of nitrogens with zero attached hydrogens (tertiary/aromatic N) is 1. The highest BCUT2D eigenvalue weighted by Crippen LogP contribution is 2.43. The largest absolute Gasteiger partial charge is 0.317 e. The molecule has 1 N–H and O–H groups in total. The Kier molecular flexibility index (Phi) is 5.80. The molecule has 2 heteroatoms. The molecule has 1 aromatic rings. The Morgan fingerprint density at radius 2 is 1.86 bits per heavy atom. The molecule has 118 valence electrons. The molecule has 3 atom stereocenters. The predicted molar refractivity (Wildman–Crippen MR) is 90.3 cm³/mol. The highest BCUT2D eigenvalue weighted by Gasteiger charge is 2.35. The van der Waals surface area contributed by atoms with E-state index in [0.717, 1.165) is 24.3 Å². The molecule has 0 spiro atoms. The van der Waals surface area contributed by atoms with Gasteiger partial charge in [-0.05, 0) is 79.6 Å². The molecule has 1 heterocycles. The molecule has 1 aliphatic carbocycles. The van der Waals surface area contributed by atoms with Crippen LogP contribution in [0.25, 0.3) is 0 Å². The first-order chi connectivity index (χ1) is 10.0. The zero-order valence-electron chi connectivity index (χ0n) is 14.2. The van der Waals surface area contributed by atoms with Crippen molar-refractivity contribution < 1.29 is 0 Å². The molecule has 2 nitrogen and oxygen atoms in total. The summed E-state index contributed by atoms with van der Waals surface area (Å²) in [4.78, 5) is 4.15. The maximum absolute atomic E-state index is 4.15. The Morgan fingerprint density at radius 3 is 2.48 bits per heavy atom. The van der Waals surface area contributed by atoms with Gasteiger partial charge in [0.15, 0.2) is 0 Å². The smallest absolute Gasteiger partial charge is 0.0270 e. The highest BCUT2D eigenvalue weighted by atomic mass is 14.8. The van der Waals surface area contributed by atoms with Crippen LogP contribution < -0.4 is 5.32 Å². The molecule has 2 rings (SSSR count). The number of hydrogen-bond donors (Lipinski definition) is 1. The van der Waals surface area contributed by atoms with Crippen LogP contribution in [-0.4, -0.2) is 18.1 Å².